The van der Waals surface area contributed by atoms with Gasteiger partial charge in [-0.05, 0) is 150 Å². The summed E-state index contributed by atoms with van der Waals surface area (Å²) in [4.78, 5) is 0. The quantitative estimate of drug-likeness (QED) is 0.429. The second-order valence-corrected chi connectivity index (χ2v) is 7.50. The summed E-state index contributed by atoms with van der Waals surface area (Å²) in [5.74, 6) is 0. The van der Waals surface area contributed by atoms with Crippen LogP contribution in [0.5, 0.6) is 0 Å². The number of rotatable bonds is 0. The molecule has 2 rings (SSSR count). The Morgan fingerprint density at radius 1 is 0.200 bits per heavy atom. The van der Waals surface area contributed by atoms with Crippen molar-refractivity contribution in [1.82, 2.24) is 0 Å². The van der Waals surface area contributed by atoms with Crippen molar-refractivity contribution >= 4 is 0 Å². The molecule has 0 radical (unpaired) electrons. The van der Waals surface area contributed by atoms with Crippen molar-refractivity contribution in [3.05, 3.63) is 66.8 Å². The largest absolute Gasteiger partial charge is 0.0447 e. The standard InChI is InChI=1S/2C12H18.Fe/c2*1-7-8(2)10(4)12(6)11(5)9(7)3;/h2*1-6H3;. The molecule has 0 unspecified atom stereocenters. The van der Waals surface area contributed by atoms with Gasteiger partial charge in [0.15, 0.2) is 0 Å². The number of hydrogen-bond acceptors (Lipinski definition) is 0. The maximum atomic E-state index is 2.21. The molecule has 0 saturated heterocycles. The van der Waals surface area contributed by atoms with E-state index in [4.69, 9.17) is 0 Å². The van der Waals surface area contributed by atoms with Gasteiger partial charge in [0, 0.05) is 17.1 Å². The molecular formula is C24H36Fe. The Balaban J connectivity index is 0.000000443. The summed E-state index contributed by atoms with van der Waals surface area (Å²) < 4.78 is 0. The first-order chi connectivity index (χ1) is 10.9. The summed E-state index contributed by atoms with van der Waals surface area (Å²) in [6, 6.07) is 0. The van der Waals surface area contributed by atoms with Crippen molar-refractivity contribution < 1.29 is 17.1 Å². The molecule has 0 saturated carbocycles. The van der Waals surface area contributed by atoms with E-state index in [9.17, 15) is 0 Å². The fraction of sp³-hybridized carbons (Fsp3) is 0.500. The van der Waals surface area contributed by atoms with E-state index < -0.39 is 0 Å². The molecule has 0 atom stereocenters. The van der Waals surface area contributed by atoms with Crippen molar-refractivity contribution in [3.8, 4) is 0 Å². The molecule has 0 N–H and O–H groups in total. The van der Waals surface area contributed by atoms with E-state index in [1.54, 1.807) is 0 Å². The zero-order valence-corrected chi connectivity index (χ0v) is 19.5. The van der Waals surface area contributed by atoms with Crippen LogP contribution in [0.25, 0.3) is 0 Å². The van der Waals surface area contributed by atoms with Crippen molar-refractivity contribution in [1.29, 1.82) is 0 Å². The van der Waals surface area contributed by atoms with Gasteiger partial charge in [-0.1, -0.05) is 0 Å². The first-order valence-corrected chi connectivity index (χ1v) is 9.00. The van der Waals surface area contributed by atoms with Gasteiger partial charge in [0.05, 0.1) is 0 Å². The van der Waals surface area contributed by atoms with E-state index in [2.05, 4.69) is 83.1 Å². The third kappa shape index (κ3) is 4.57. The Morgan fingerprint density at radius 2 is 0.240 bits per heavy atom. The zero-order chi connectivity index (χ0) is 18.9. The molecule has 0 aliphatic heterocycles. The van der Waals surface area contributed by atoms with Crippen LogP contribution in [-0.2, 0) is 17.1 Å². The van der Waals surface area contributed by atoms with E-state index in [0.717, 1.165) is 0 Å². The third-order valence-corrected chi connectivity index (χ3v) is 6.75. The Morgan fingerprint density at radius 3 is 0.280 bits per heavy atom. The second kappa shape index (κ2) is 9.06. The molecule has 2 aromatic carbocycles. The maximum absolute atomic E-state index is 2.21. The summed E-state index contributed by atoms with van der Waals surface area (Å²) in [7, 11) is 0. The van der Waals surface area contributed by atoms with E-state index in [1.165, 1.54) is 66.8 Å². The average Bonchev–Trinajstić information content (AvgIpc) is 2.58. The molecule has 0 heterocycles. The third-order valence-electron chi connectivity index (χ3n) is 6.75. The molecule has 0 spiro atoms. The van der Waals surface area contributed by atoms with Crippen molar-refractivity contribution in [3.63, 3.8) is 0 Å². The second-order valence-electron chi connectivity index (χ2n) is 7.50. The minimum atomic E-state index is 0. The molecule has 140 valence electrons. The van der Waals surface area contributed by atoms with Gasteiger partial charge < -0.3 is 0 Å². The van der Waals surface area contributed by atoms with Crippen LogP contribution >= 0.6 is 0 Å². The van der Waals surface area contributed by atoms with Gasteiger partial charge in [0.1, 0.15) is 0 Å². The van der Waals surface area contributed by atoms with E-state index in [-0.39, 0.29) is 17.1 Å². The van der Waals surface area contributed by atoms with E-state index in [0.29, 0.717) is 0 Å². The molecule has 1 heteroatoms. The van der Waals surface area contributed by atoms with Crippen LogP contribution in [0, 0.1) is 83.1 Å². The topological polar surface area (TPSA) is 0 Å². The minimum absolute atomic E-state index is 0. The summed E-state index contributed by atoms with van der Waals surface area (Å²) >= 11 is 0. The normalized spacial score (nSPS) is 10.1. The van der Waals surface area contributed by atoms with Crippen molar-refractivity contribution in [2.24, 2.45) is 0 Å². The molecule has 0 aliphatic carbocycles. The van der Waals surface area contributed by atoms with Crippen LogP contribution in [0.2, 0.25) is 0 Å². The Kier molecular flexibility index (Phi) is 8.68. The Hall–Kier alpha value is -1.04. The predicted octanol–water partition coefficient (Wildman–Crippen LogP) is 7.07. The fourth-order valence-corrected chi connectivity index (χ4v) is 3.38. The molecule has 0 amide bonds. The summed E-state index contributed by atoms with van der Waals surface area (Å²) in [6.45, 7) is 26.5. The van der Waals surface area contributed by atoms with Crippen molar-refractivity contribution in [2.45, 2.75) is 83.1 Å². The van der Waals surface area contributed by atoms with Gasteiger partial charge in [-0.15, -0.1) is 0 Å². The van der Waals surface area contributed by atoms with Crippen LogP contribution in [0.4, 0.5) is 0 Å². The smallest absolute Gasteiger partial charge is 0 e. The van der Waals surface area contributed by atoms with Gasteiger partial charge in [0.25, 0.3) is 0 Å². The van der Waals surface area contributed by atoms with Crippen LogP contribution in [0.15, 0.2) is 0 Å². The van der Waals surface area contributed by atoms with Crippen LogP contribution < -0.4 is 0 Å². The number of hydrogen-bond donors (Lipinski definition) is 0. The average molecular weight is 380 g/mol. The summed E-state index contributed by atoms with van der Waals surface area (Å²) in [6.07, 6.45) is 0. The summed E-state index contributed by atoms with van der Waals surface area (Å²) in [5, 5.41) is 0. The predicted molar refractivity (Wildman–Crippen MR) is 110 cm³/mol. The molecule has 0 aromatic heterocycles. The van der Waals surface area contributed by atoms with Crippen molar-refractivity contribution in [2.75, 3.05) is 0 Å². The Labute approximate surface area is 166 Å². The Bertz CT molecular complexity index is 502. The monoisotopic (exact) mass is 380 g/mol. The fourth-order valence-electron chi connectivity index (χ4n) is 3.38. The van der Waals surface area contributed by atoms with Gasteiger partial charge in [-0.2, -0.15) is 0 Å². The zero-order valence-electron chi connectivity index (χ0n) is 18.4. The molecule has 25 heavy (non-hydrogen) atoms. The van der Waals surface area contributed by atoms with Crippen LogP contribution in [0.1, 0.15) is 66.8 Å². The maximum Gasteiger partial charge on any atom is 0 e. The molecular weight excluding hydrogens is 344 g/mol. The SMILES string of the molecule is Cc1c(C)c(C)c(C)c(C)c1C.Cc1c(C)c(C)c(C)c(C)c1C.[Fe]. The van der Waals surface area contributed by atoms with Crippen LogP contribution in [-0.4, -0.2) is 0 Å². The molecule has 0 nitrogen and oxygen atoms in total. The molecule has 2 aromatic rings. The minimum Gasteiger partial charge on any atom is -0.0447 e. The van der Waals surface area contributed by atoms with Gasteiger partial charge in [-0.25, -0.2) is 0 Å². The molecule has 0 bridgehead atoms. The van der Waals surface area contributed by atoms with Gasteiger partial charge in [0.2, 0.25) is 0 Å². The summed E-state index contributed by atoms with van der Waals surface area (Å²) in [5.41, 5.74) is 17.5. The molecule has 0 aliphatic rings. The van der Waals surface area contributed by atoms with Gasteiger partial charge in [-0.3, -0.25) is 0 Å². The number of benzene rings is 2. The van der Waals surface area contributed by atoms with E-state index in [1.807, 2.05) is 0 Å². The van der Waals surface area contributed by atoms with Gasteiger partial charge >= 0.3 is 0 Å². The van der Waals surface area contributed by atoms with Crippen LogP contribution in [0.3, 0.4) is 0 Å². The molecule has 0 fully saturated rings. The van der Waals surface area contributed by atoms with E-state index >= 15 is 0 Å². The first-order valence-electron chi connectivity index (χ1n) is 9.00. The first kappa shape index (κ1) is 24.0.